The number of aldehydes is 1. The summed E-state index contributed by atoms with van der Waals surface area (Å²) in [6.45, 7) is 4.35. The van der Waals surface area contributed by atoms with Crippen molar-refractivity contribution in [2.75, 3.05) is 6.54 Å². The molecule has 1 heterocycles. The second-order valence-corrected chi connectivity index (χ2v) is 3.00. The van der Waals surface area contributed by atoms with Crippen LogP contribution in [0.25, 0.3) is 0 Å². The van der Waals surface area contributed by atoms with Crippen molar-refractivity contribution in [2.45, 2.75) is 19.9 Å². The average molecular weight is 203 g/mol. The zero-order valence-corrected chi connectivity index (χ0v) is 8.65. The molecule has 0 fully saturated rings. The SMILES string of the molecule is CC1=CC(C)=C(CN)C(C=O)N1.Cl. The number of allylic oxidation sites excluding steroid dienone is 3. The predicted octanol–water partition coefficient (Wildman–Crippen LogP) is 0.758. The van der Waals surface area contributed by atoms with Gasteiger partial charge in [-0.15, -0.1) is 12.4 Å². The molecule has 1 aliphatic rings. The maximum absolute atomic E-state index is 10.6. The van der Waals surface area contributed by atoms with Gasteiger partial charge < -0.3 is 15.8 Å². The summed E-state index contributed by atoms with van der Waals surface area (Å²) < 4.78 is 0. The van der Waals surface area contributed by atoms with E-state index >= 15 is 0 Å². The summed E-state index contributed by atoms with van der Waals surface area (Å²) in [4.78, 5) is 10.6. The van der Waals surface area contributed by atoms with E-state index in [4.69, 9.17) is 5.73 Å². The molecular formula is C9H15ClN2O. The van der Waals surface area contributed by atoms with Gasteiger partial charge in [-0.25, -0.2) is 0 Å². The molecule has 0 saturated carbocycles. The third kappa shape index (κ3) is 2.57. The van der Waals surface area contributed by atoms with E-state index in [9.17, 15) is 4.79 Å². The molecule has 1 rings (SSSR count). The van der Waals surface area contributed by atoms with E-state index in [2.05, 4.69) is 5.32 Å². The van der Waals surface area contributed by atoms with Crippen molar-refractivity contribution in [3.8, 4) is 0 Å². The number of carbonyl (C=O) groups excluding carboxylic acids is 1. The van der Waals surface area contributed by atoms with E-state index in [-0.39, 0.29) is 18.4 Å². The van der Waals surface area contributed by atoms with Crippen molar-refractivity contribution < 1.29 is 4.79 Å². The molecule has 0 radical (unpaired) electrons. The molecule has 3 N–H and O–H groups in total. The first-order valence-electron chi connectivity index (χ1n) is 3.99. The monoisotopic (exact) mass is 202 g/mol. The number of nitrogens with one attached hydrogen (secondary N) is 1. The first-order chi connectivity index (χ1) is 5.69. The van der Waals surface area contributed by atoms with E-state index in [1.54, 1.807) is 0 Å². The Balaban J connectivity index is 0.00000144. The highest BCUT2D eigenvalue weighted by molar-refractivity contribution is 5.85. The van der Waals surface area contributed by atoms with Crippen LogP contribution in [0.2, 0.25) is 0 Å². The lowest BCUT2D eigenvalue weighted by Gasteiger charge is -2.23. The Hall–Kier alpha value is -0.800. The lowest BCUT2D eigenvalue weighted by molar-refractivity contribution is -0.108. The van der Waals surface area contributed by atoms with Gasteiger partial charge in [-0.3, -0.25) is 0 Å². The molecule has 0 aromatic heterocycles. The minimum absolute atomic E-state index is 0. The van der Waals surface area contributed by atoms with Crippen LogP contribution in [-0.2, 0) is 4.79 Å². The van der Waals surface area contributed by atoms with Gasteiger partial charge in [0.05, 0.1) is 0 Å². The molecule has 0 aliphatic carbocycles. The third-order valence-electron chi connectivity index (χ3n) is 2.05. The Morgan fingerprint density at radius 3 is 2.69 bits per heavy atom. The second-order valence-electron chi connectivity index (χ2n) is 3.00. The van der Waals surface area contributed by atoms with E-state index in [0.29, 0.717) is 6.54 Å². The summed E-state index contributed by atoms with van der Waals surface area (Å²) >= 11 is 0. The van der Waals surface area contributed by atoms with Crippen LogP contribution in [-0.4, -0.2) is 18.9 Å². The highest BCUT2D eigenvalue weighted by Crippen LogP contribution is 2.15. The number of dihydropyridines is 1. The van der Waals surface area contributed by atoms with Crippen molar-refractivity contribution in [2.24, 2.45) is 5.73 Å². The molecule has 0 amide bonds. The van der Waals surface area contributed by atoms with Gasteiger partial charge in [0, 0.05) is 12.2 Å². The minimum Gasteiger partial charge on any atom is -0.376 e. The lowest BCUT2D eigenvalue weighted by Crippen LogP contribution is -2.36. The Labute approximate surface area is 84.5 Å². The van der Waals surface area contributed by atoms with Crippen LogP contribution >= 0.6 is 12.4 Å². The fourth-order valence-corrected chi connectivity index (χ4v) is 1.44. The molecule has 1 atom stereocenters. The largest absolute Gasteiger partial charge is 0.376 e. The molecule has 4 heteroatoms. The standard InChI is InChI=1S/C9H14N2O.ClH/c1-6-3-7(2)11-9(5-12)8(6)4-10;/h3,5,9,11H,4,10H2,1-2H3;1H. The third-order valence-corrected chi connectivity index (χ3v) is 2.05. The molecule has 0 bridgehead atoms. The molecule has 0 saturated heterocycles. The normalized spacial score (nSPS) is 21.5. The van der Waals surface area contributed by atoms with Crippen LogP contribution in [0.15, 0.2) is 22.9 Å². The van der Waals surface area contributed by atoms with Gasteiger partial charge in [0.25, 0.3) is 0 Å². The quantitative estimate of drug-likeness (QED) is 0.650. The van der Waals surface area contributed by atoms with Crippen LogP contribution in [0.4, 0.5) is 0 Å². The van der Waals surface area contributed by atoms with Gasteiger partial charge in [-0.1, -0.05) is 0 Å². The van der Waals surface area contributed by atoms with Crippen molar-refractivity contribution in [3.63, 3.8) is 0 Å². The van der Waals surface area contributed by atoms with E-state index < -0.39 is 0 Å². The molecule has 74 valence electrons. The number of carbonyl (C=O) groups is 1. The van der Waals surface area contributed by atoms with E-state index in [0.717, 1.165) is 23.1 Å². The summed E-state index contributed by atoms with van der Waals surface area (Å²) in [5.74, 6) is 0. The zero-order chi connectivity index (χ0) is 9.14. The summed E-state index contributed by atoms with van der Waals surface area (Å²) in [5, 5.41) is 3.05. The lowest BCUT2D eigenvalue weighted by atomic mass is 9.98. The number of halogens is 1. The highest BCUT2D eigenvalue weighted by Gasteiger charge is 2.17. The Morgan fingerprint density at radius 1 is 1.62 bits per heavy atom. The maximum Gasteiger partial charge on any atom is 0.146 e. The first kappa shape index (κ1) is 12.2. The van der Waals surface area contributed by atoms with Gasteiger partial charge in [0.15, 0.2) is 0 Å². The Morgan fingerprint density at radius 2 is 2.23 bits per heavy atom. The highest BCUT2D eigenvalue weighted by atomic mass is 35.5. The molecular weight excluding hydrogens is 188 g/mol. The summed E-state index contributed by atoms with van der Waals surface area (Å²) in [5.41, 5.74) is 8.62. The summed E-state index contributed by atoms with van der Waals surface area (Å²) in [6, 6.07) is -0.222. The molecule has 0 spiro atoms. The minimum atomic E-state index is -0.222. The summed E-state index contributed by atoms with van der Waals surface area (Å²) in [6.07, 6.45) is 2.89. The van der Waals surface area contributed by atoms with Gasteiger partial charge in [-0.05, 0) is 31.1 Å². The first-order valence-corrected chi connectivity index (χ1v) is 3.99. The number of hydrogen-bond donors (Lipinski definition) is 2. The van der Waals surface area contributed by atoms with Gasteiger partial charge in [0.2, 0.25) is 0 Å². The average Bonchev–Trinajstić information content (AvgIpc) is 2.03. The van der Waals surface area contributed by atoms with Gasteiger partial charge >= 0.3 is 0 Å². The van der Waals surface area contributed by atoms with Crippen LogP contribution in [0.3, 0.4) is 0 Å². The summed E-state index contributed by atoms with van der Waals surface area (Å²) in [7, 11) is 0. The van der Waals surface area contributed by atoms with Gasteiger partial charge in [0.1, 0.15) is 12.3 Å². The van der Waals surface area contributed by atoms with Crippen LogP contribution in [0.5, 0.6) is 0 Å². The van der Waals surface area contributed by atoms with Gasteiger partial charge in [-0.2, -0.15) is 0 Å². The van der Waals surface area contributed by atoms with Crippen LogP contribution in [0, 0.1) is 0 Å². The number of nitrogens with two attached hydrogens (primary N) is 1. The number of hydrogen-bond acceptors (Lipinski definition) is 3. The fraction of sp³-hybridized carbons (Fsp3) is 0.444. The fourth-order valence-electron chi connectivity index (χ4n) is 1.44. The molecule has 1 unspecified atom stereocenters. The van der Waals surface area contributed by atoms with Crippen LogP contribution < -0.4 is 11.1 Å². The van der Waals surface area contributed by atoms with E-state index in [1.165, 1.54) is 0 Å². The van der Waals surface area contributed by atoms with Crippen molar-refractivity contribution in [1.82, 2.24) is 5.32 Å². The smallest absolute Gasteiger partial charge is 0.146 e. The molecule has 0 aromatic rings. The van der Waals surface area contributed by atoms with Crippen molar-refractivity contribution in [1.29, 1.82) is 0 Å². The zero-order valence-electron chi connectivity index (χ0n) is 7.83. The Kier molecular flexibility index (Phi) is 4.73. The molecule has 13 heavy (non-hydrogen) atoms. The van der Waals surface area contributed by atoms with E-state index in [1.807, 2.05) is 19.9 Å². The maximum atomic E-state index is 10.6. The molecule has 3 nitrogen and oxygen atoms in total. The second kappa shape index (κ2) is 5.04. The van der Waals surface area contributed by atoms with Crippen LogP contribution in [0.1, 0.15) is 13.8 Å². The molecule has 1 aliphatic heterocycles. The topological polar surface area (TPSA) is 55.1 Å². The Bertz CT molecular complexity index is 258. The van der Waals surface area contributed by atoms with Crippen molar-refractivity contribution in [3.05, 3.63) is 22.9 Å². The predicted molar refractivity (Wildman–Crippen MR) is 55.7 cm³/mol. The molecule has 0 aromatic carbocycles. The van der Waals surface area contributed by atoms with Crippen molar-refractivity contribution >= 4 is 18.7 Å². The number of rotatable bonds is 2.